The molecular formula is C24H26NO2PS. The molecule has 1 saturated heterocycles. The molecule has 0 radical (unpaired) electrons. The minimum absolute atomic E-state index is 0.0350. The standard InChI is InChI=1S/C24H26NO2PS/c1-20-14-16-24(17-15-20)29(26,27)25-18-8-9-21(25)19-28(22-10-4-2-5-11-22)23-12-6-3-7-13-23/h2-7,10-17,21H,8-9,18-19H2,1H3/t21-/m0/s1. The fourth-order valence-corrected chi connectivity index (χ4v) is 8.33. The summed E-state index contributed by atoms with van der Waals surface area (Å²) in [6.45, 7) is 2.58. The predicted molar refractivity (Wildman–Crippen MR) is 122 cm³/mol. The molecule has 0 N–H and O–H groups in total. The maximum absolute atomic E-state index is 13.3. The van der Waals surface area contributed by atoms with E-state index in [0.29, 0.717) is 11.4 Å². The first-order valence-electron chi connectivity index (χ1n) is 10.0. The molecular weight excluding hydrogens is 397 g/mol. The van der Waals surface area contributed by atoms with E-state index in [2.05, 4.69) is 48.5 Å². The lowest BCUT2D eigenvalue weighted by atomic mass is 10.2. The molecule has 5 heteroatoms. The lowest BCUT2D eigenvalue weighted by molar-refractivity contribution is 0.411. The summed E-state index contributed by atoms with van der Waals surface area (Å²) >= 11 is 0. The zero-order chi connectivity index (χ0) is 20.3. The van der Waals surface area contributed by atoms with E-state index in [4.69, 9.17) is 0 Å². The van der Waals surface area contributed by atoms with Gasteiger partial charge in [0, 0.05) is 12.6 Å². The number of nitrogens with zero attached hydrogens (tertiary/aromatic N) is 1. The SMILES string of the molecule is Cc1ccc(S(=O)(=O)N2CCC[C@H]2CP(c2ccccc2)c2ccccc2)cc1. The summed E-state index contributed by atoms with van der Waals surface area (Å²) in [5, 5.41) is 2.60. The Balaban J connectivity index is 1.64. The smallest absolute Gasteiger partial charge is 0.207 e. The van der Waals surface area contributed by atoms with Crippen LogP contribution in [0.1, 0.15) is 18.4 Å². The molecule has 0 aromatic heterocycles. The Morgan fingerprint density at radius 3 is 1.97 bits per heavy atom. The minimum Gasteiger partial charge on any atom is -0.207 e. The highest BCUT2D eigenvalue weighted by molar-refractivity contribution is 7.89. The van der Waals surface area contributed by atoms with Crippen LogP contribution in [-0.4, -0.2) is 31.5 Å². The fraction of sp³-hybridized carbons (Fsp3) is 0.250. The molecule has 0 spiro atoms. The molecule has 0 saturated carbocycles. The molecule has 4 rings (SSSR count). The van der Waals surface area contributed by atoms with Crippen LogP contribution < -0.4 is 10.6 Å². The van der Waals surface area contributed by atoms with Gasteiger partial charge in [-0.2, -0.15) is 4.31 Å². The summed E-state index contributed by atoms with van der Waals surface area (Å²) < 4.78 is 28.4. The lowest BCUT2D eigenvalue weighted by Gasteiger charge is -2.28. The van der Waals surface area contributed by atoms with Crippen LogP contribution in [0.5, 0.6) is 0 Å². The van der Waals surface area contributed by atoms with Gasteiger partial charge in [0.05, 0.1) is 4.90 Å². The number of hydrogen-bond donors (Lipinski definition) is 0. The molecule has 1 aliphatic heterocycles. The van der Waals surface area contributed by atoms with E-state index in [-0.39, 0.29) is 6.04 Å². The van der Waals surface area contributed by atoms with Crippen molar-refractivity contribution >= 4 is 28.6 Å². The number of hydrogen-bond acceptors (Lipinski definition) is 2. The highest BCUT2D eigenvalue weighted by Crippen LogP contribution is 2.39. The molecule has 1 atom stereocenters. The highest BCUT2D eigenvalue weighted by Gasteiger charge is 2.36. The number of rotatable bonds is 6. The Labute approximate surface area is 175 Å². The minimum atomic E-state index is -3.47. The van der Waals surface area contributed by atoms with E-state index in [9.17, 15) is 8.42 Å². The fourth-order valence-electron chi connectivity index (χ4n) is 3.94. The van der Waals surface area contributed by atoms with Crippen molar-refractivity contribution in [1.29, 1.82) is 0 Å². The molecule has 0 bridgehead atoms. The summed E-state index contributed by atoms with van der Waals surface area (Å²) in [4.78, 5) is 0.402. The zero-order valence-corrected chi connectivity index (χ0v) is 18.3. The summed E-state index contributed by atoms with van der Waals surface area (Å²) in [5.74, 6) is 0. The van der Waals surface area contributed by atoms with Crippen molar-refractivity contribution in [2.75, 3.05) is 12.7 Å². The van der Waals surface area contributed by atoms with Gasteiger partial charge in [0.1, 0.15) is 0 Å². The van der Waals surface area contributed by atoms with Gasteiger partial charge in [-0.15, -0.1) is 0 Å². The topological polar surface area (TPSA) is 37.4 Å². The van der Waals surface area contributed by atoms with Gasteiger partial charge < -0.3 is 0 Å². The first-order valence-corrected chi connectivity index (χ1v) is 13.0. The van der Waals surface area contributed by atoms with E-state index in [0.717, 1.165) is 24.6 Å². The summed E-state index contributed by atoms with van der Waals surface area (Å²) in [7, 11) is -4.09. The summed E-state index contributed by atoms with van der Waals surface area (Å²) in [5.41, 5.74) is 1.07. The van der Waals surface area contributed by atoms with E-state index >= 15 is 0 Å². The summed E-state index contributed by atoms with van der Waals surface area (Å²) in [6, 6.07) is 28.3. The molecule has 1 fully saturated rings. The van der Waals surface area contributed by atoms with Crippen molar-refractivity contribution in [3.63, 3.8) is 0 Å². The molecule has 3 nitrogen and oxygen atoms in total. The Hall–Kier alpha value is -2.00. The molecule has 0 amide bonds. The zero-order valence-electron chi connectivity index (χ0n) is 16.6. The maximum atomic E-state index is 13.3. The van der Waals surface area contributed by atoms with Crippen LogP contribution in [-0.2, 0) is 10.0 Å². The van der Waals surface area contributed by atoms with Crippen LogP contribution in [0.4, 0.5) is 0 Å². The Morgan fingerprint density at radius 1 is 0.862 bits per heavy atom. The van der Waals surface area contributed by atoms with E-state index < -0.39 is 17.9 Å². The van der Waals surface area contributed by atoms with Crippen LogP contribution in [0, 0.1) is 6.92 Å². The molecule has 3 aromatic rings. The monoisotopic (exact) mass is 423 g/mol. The summed E-state index contributed by atoms with van der Waals surface area (Å²) in [6.07, 6.45) is 2.69. The molecule has 150 valence electrons. The van der Waals surface area contributed by atoms with Gasteiger partial charge in [0.2, 0.25) is 10.0 Å². The van der Waals surface area contributed by atoms with Crippen molar-refractivity contribution in [2.45, 2.75) is 30.7 Å². The van der Waals surface area contributed by atoms with Crippen molar-refractivity contribution in [1.82, 2.24) is 4.31 Å². The van der Waals surface area contributed by atoms with E-state index in [1.165, 1.54) is 10.6 Å². The van der Waals surface area contributed by atoms with Crippen LogP contribution >= 0.6 is 7.92 Å². The lowest BCUT2D eigenvalue weighted by Crippen LogP contribution is -2.38. The maximum Gasteiger partial charge on any atom is 0.243 e. The third kappa shape index (κ3) is 4.45. The number of benzene rings is 3. The third-order valence-corrected chi connectivity index (χ3v) is 10.1. The average molecular weight is 424 g/mol. The molecule has 29 heavy (non-hydrogen) atoms. The molecule has 3 aromatic carbocycles. The number of sulfonamides is 1. The van der Waals surface area contributed by atoms with Crippen molar-refractivity contribution in [2.24, 2.45) is 0 Å². The van der Waals surface area contributed by atoms with Gasteiger partial charge in [-0.05, 0) is 56.6 Å². The quantitative estimate of drug-likeness (QED) is 0.555. The molecule has 1 aliphatic rings. The second-order valence-corrected chi connectivity index (χ2v) is 11.7. The first kappa shape index (κ1) is 20.3. The second kappa shape index (κ2) is 8.79. The molecule has 0 unspecified atom stereocenters. The molecule has 0 aliphatic carbocycles. The van der Waals surface area contributed by atoms with Gasteiger partial charge in [0.25, 0.3) is 0 Å². The van der Waals surface area contributed by atoms with Gasteiger partial charge in [-0.25, -0.2) is 8.42 Å². The van der Waals surface area contributed by atoms with Crippen LogP contribution in [0.3, 0.4) is 0 Å². The second-order valence-electron chi connectivity index (χ2n) is 7.51. The van der Waals surface area contributed by atoms with Crippen LogP contribution in [0.25, 0.3) is 0 Å². The van der Waals surface area contributed by atoms with Crippen molar-refractivity contribution in [3.8, 4) is 0 Å². The highest BCUT2D eigenvalue weighted by atomic mass is 32.2. The first-order chi connectivity index (χ1) is 14.1. The molecule has 1 heterocycles. The van der Waals surface area contributed by atoms with Gasteiger partial charge in [0.15, 0.2) is 0 Å². The van der Waals surface area contributed by atoms with Crippen molar-refractivity contribution in [3.05, 3.63) is 90.5 Å². The van der Waals surface area contributed by atoms with E-state index in [1.54, 1.807) is 16.4 Å². The average Bonchev–Trinajstić information content (AvgIpc) is 3.23. The van der Waals surface area contributed by atoms with Gasteiger partial charge in [-0.3, -0.25) is 0 Å². The predicted octanol–water partition coefficient (Wildman–Crippen LogP) is 4.28. The van der Waals surface area contributed by atoms with Crippen LogP contribution in [0.15, 0.2) is 89.8 Å². The van der Waals surface area contributed by atoms with Gasteiger partial charge >= 0.3 is 0 Å². The third-order valence-electron chi connectivity index (χ3n) is 5.48. The Kier molecular flexibility index (Phi) is 6.15. The largest absolute Gasteiger partial charge is 0.243 e. The van der Waals surface area contributed by atoms with Gasteiger partial charge in [-0.1, -0.05) is 78.4 Å². The Bertz CT molecular complexity index is 998. The van der Waals surface area contributed by atoms with Crippen molar-refractivity contribution < 1.29 is 8.42 Å². The Morgan fingerprint density at radius 2 is 1.41 bits per heavy atom. The normalized spacial score (nSPS) is 17.7. The van der Waals surface area contributed by atoms with Crippen LogP contribution in [0.2, 0.25) is 0 Å². The number of aryl methyl sites for hydroxylation is 1. The van der Waals surface area contributed by atoms with E-state index in [1.807, 2.05) is 31.2 Å².